The molecule has 0 aliphatic rings. The van der Waals surface area contributed by atoms with Crippen molar-refractivity contribution in [2.24, 2.45) is 0 Å². The number of amides is 1. The van der Waals surface area contributed by atoms with E-state index in [1.54, 1.807) is 24.3 Å². The molecule has 0 heterocycles. The van der Waals surface area contributed by atoms with Crippen LogP contribution >= 0.6 is 46.4 Å². The van der Waals surface area contributed by atoms with Gasteiger partial charge in [0.1, 0.15) is 0 Å². The van der Waals surface area contributed by atoms with Crippen LogP contribution in [0.4, 0.5) is 0 Å². The van der Waals surface area contributed by atoms with Gasteiger partial charge in [0, 0.05) is 21.6 Å². The fourth-order valence-electron chi connectivity index (χ4n) is 1.77. The van der Waals surface area contributed by atoms with Crippen LogP contribution in [0.1, 0.15) is 15.9 Å². The maximum atomic E-state index is 11.9. The largest absolute Gasteiger partial charge is 0.452 e. The Labute approximate surface area is 158 Å². The van der Waals surface area contributed by atoms with Crippen LogP contribution in [-0.4, -0.2) is 18.5 Å². The van der Waals surface area contributed by atoms with Crippen LogP contribution in [0.15, 0.2) is 36.4 Å². The number of benzene rings is 2. The SMILES string of the molecule is O=C(COC(=O)c1cc(Cl)ccc1Cl)NCc1ccc(Cl)cc1Cl. The van der Waals surface area contributed by atoms with Crippen molar-refractivity contribution >= 4 is 58.3 Å². The van der Waals surface area contributed by atoms with Crippen molar-refractivity contribution in [3.05, 3.63) is 67.6 Å². The number of carbonyl (C=O) groups excluding carboxylic acids is 2. The lowest BCUT2D eigenvalue weighted by Crippen LogP contribution is -2.28. The zero-order chi connectivity index (χ0) is 17.7. The first-order valence-corrected chi connectivity index (χ1v) is 8.21. The molecule has 0 saturated carbocycles. The number of halogens is 4. The monoisotopic (exact) mass is 405 g/mol. The summed E-state index contributed by atoms with van der Waals surface area (Å²) in [7, 11) is 0. The first-order chi connectivity index (χ1) is 11.4. The second-order valence-corrected chi connectivity index (χ2v) is 6.40. The molecule has 0 aliphatic heterocycles. The van der Waals surface area contributed by atoms with Gasteiger partial charge in [-0.15, -0.1) is 0 Å². The number of nitrogens with one attached hydrogen (secondary N) is 1. The zero-order valence-corrected chi connectivity index (χ0v) is 15.1. The fraction of sp³-hybridized carbons (Fsp3) is 0.125. The standard InChI is InChI=1S/C16H11Cl4NO3/c17-10-3-4-13(19)12(5-10)16(23)24-8-15(22)21-7-9-1-2-11(18)6-14(9)20/h1-6H,7-8H2,(H,21,22). The summed E-state index contributed by atoms with van der Waals surface area (Å²) in [5, 5.41) is 4.06. The van der Waals surface area contributed by atoms with Crippen molar-refractivity contribution in [3.8, 4) is 0 Å². The number of ether oxygens (including phenoxy) is 1. The molecule has 0 fully saturated rings. The molecule has 8 heteroatoms. The van der Waals surface area contributed by atoms with Gasteiger partial charge >= 0.3 is 5.97 Å². The van der Waals surface area contributed by atoms with E-state index in [0.29, 0.717) is 20.6 Å². The van der Waals surface area contributed by atoms with Gasteiger partial charge in [-0.1, -0.05) is 52.5 Å². The van der Waals surface area contributed by atoms with Gasteiger partial charge in [0.15, 0.2) is 6.61 Å². The third-order valence-electron chi connectivity index (χ3n) is 2.97. The molecule has 0 radical (unpaired) electrons. The Hall–Kier alpha value is -1.46. The van der Waals surface area contributed by atoms with Crippen LogP contribution in [-0.2, 0) is 16.1 Å². The summed E-state index contributed by atoms with van der Waals surface area (Å²) in [6.07, 6.45) is 0. The van der Waals surface area contributed by atoms with E-state index in [1.807, 2.05) is 0 Å². The summed E-state index contributed by atoms with van der Waals surface area (Å²) in [6, 6.07) is 9.33. The van der Waals surface area contributed by atoms with E-state index in [0.717, 1.165) is 0 Å². The second-order valence-electron chi connectivity index (χ2n) is 4.71. The molecular formula is C16H11Cl4NO3. The van der Waals surface area contributed by atoms with Gasteiger partial charge in [-0.25, -0.2) is 4.79 Å². The molecule has 1 amide bonds. The van der Waals surface area contributed by atoms with Gasteiger partial charge in [-0.2, -0.15) is 0 Å². The Morgan fingerprint density at radius 2 is 1.58 bits per heavy atom. The van der Waals surface area contributed by atoms with Crippen molar-refractivity contribution in [3.63, 3.8) is 0 Å². The average Bonchev–Trinajstić information content (AvgIpc) is 2.54. The number of carbonyl (C=O) groups is 2. The summed E-state index contributed by atoms with van der Waals surface area (Å²) in [5.41, 5.74) is 0.788. The molecule has 2 aromatic rings. The molecule has 4 nitrogen and oxygen atoms in total. The van der Waals surface area contributed by atoms with Crippen molar-refractivity contribution in [1.82, 2.24) is 5.32 Å². The molecule has 0 unspecified atom stereocenters. The molecule has 0 aromatic heterocycles. The smallest absolute Gasteiger partial charge is 0.340 e. The Kier molecular flexibility index (Phi) is 6.75. The molecule has 0 bridgehead atoms. The lowest BCUT2D eigenvalue weighted by Gasteiger charge is -2.09. The van der Waals surface area contributed by atoms with Gasteiger partial charge in [0.2, 0.25) is 0 Å². The molecule has 2 rings (SSSR count). The summed E-state index contributed by atoms with van der Waals surface area (Å²) < 4.78 is 4.92. The Morgan fingerprint density at radius 1 is 0.917 bits per heavy atom. The van der Waals surface area contributed by atoms with Gasteiger partial charge < -0.3 is 10.1 Å². The fourth-order valence-corrected chi connectivity index (χ4v) is 2.61. The molecule has 126 valence electrons. The van der Waals surface area contributed by atoms with Gasteiger partial charge in [0.05, 0.1) is 10.6 Å². The van der Waals surface area contributed by atoms with E-state index in [1.165, 1.54) is 12.1 Å². The van der Waals surface area contributed by atoms with Gasteiger partial charge in [-0.3, -0.25) is 4.79 Å². The number of hydrogen-bond donors (Lipinski definition) is 1. The van der Waals surface area contributed by atoms with Crippen LogP contribution in [0.3, 0.4) is 0 Å². The number of esters is 1. The highest BCUT2D eigenvalue weighted by molar-refractivity contribution is 6.36. The topological polar surface area (TPSA) is 55.4 Å². The summed E-state index contributed by atoms with van der Waals surface area (Å²) in [4.78, 5) is 23.7. The zero-order valence-electron chi connectivity index (χ0n) is 12.1. The van der Waals surface area contributed by atoms with E-state index in [4.69, 9.17) is 51.1 Å². The normalized spacial score (nSPS) is 10.3. The molecule has 0 aliphatic carbocycles. The number of rotatable bonds is 5. The Bertz CT molecular complexity index is 780. The van der Waals surface area contributed by atoms with Crippen molar-refractivity contribution in [2.75, 3.05) is 6.61 Å². The summed E-state index contributed by atoms with van der Waals surface area (Å²) >= 11 is 23.5. The predicted molar refractivity (Wildman–Crippen MR) is 95.1 cm³/mol. The molecule has 2 aromatic carbocycles. The third kappa shape index (κ3) is 5.28. The van der Waals surface area contributed by atoms with E-state index in [2.05, 4.69) is 5.32 Å². The minimum absolute atomic E-state index is 0.0951. The first kappa shape index (κ1) is 18.9. The molecular weight excluding hydrogens is 396 g/mol. The van der Waals surface area contributed by atoms with Crippen molar-refractivity contribution < 1.29 is 14.3 Å². The Morgan fingerprint density at radius 3 is 2.29 bits per heavy atom. The maximum absolute atomic E-state index is 11.9. The molecule has 1 N–H and O–H groups in total. The highest BCUT2D eigenvalue weighted by Gasteiger charge is 2.14. The Balaban J connectivity index is 1.86. The minimum atomic E-state index is -0.734. The van der Waals surface area contributed by atoms with E-state index in [-0.39, 0.29) is 17.1 Å². The van der Waals surface area contributed by atoms with Crippen LogP contribution < -0.4 is 5.32 Å². The minimum Gasteiger partial charge on any atom is -0.452 e. The van der Waals surface area contributed by atoms with Crippen LogP contribution in [0.5, 0.6) is 0 Å². The summed E-state index contributed by atoms with van der Waals surface area (Å²) in [6.45, 7) is -0.267. The quantitative estimate of drug-likeness (QED) is 0.727. The molecule has 24 heavy (non-hydrogen) atoms. The van der Waals surface area contributed by atoms with E-state index in [9.17, 15) is 9.59 Å². The van der Waals surface area contributed by atoms with Crippen molar-refractivity contribution in [2.45, 2.75) is 6.54 Å². The molecule has 0 spiro atoms. The van der Waals surface area contributed by atoms with E-state index >= 15 is 0 Å². The van der Waals surface area contributed by atoms with Crippen LogP contribution in [0, 0.1) is 0 Å². The third-order valence-corrected chi connectivity index (χ3v) is 4.13. The maximum Gasteiger partial charge on any atom is 0.340 e. The van der Waals surface area contributed by atoms with Crippen LogP contribution in [0.25, 0.3) is 0 Å². The van der Waals surface area contributed by atoms with Gasteiger partial charge in [-0.05, 0) is 35.9 Å². The second kappa shape index (κ2) is 8.58. The first-order valence-electron chi connectivity index (χ1n) is 6.69. The molecule has 0 saturated heterocycles. The van der Waals surface area contributed by atoms with Crippen molar-refractivity contribution in [1.29, 1.82) is 0 Å². The molecule has 0 atom stereocenters. The van der Waals surface area contributed by atoms with Gasteiger partial charge in [0.25, 0.3) is 5.91 Å². The van der Waals surface area contributed by atoms with Crippen LogP contribution in [0.2, 0.25) is 20.1 Å². The van der Waals surface area contributed by atoms with E-state index < -0.39 is 18.5 Å². The number of hydrogen-bond acceptors (Lipinski definition) is 3. The lowest BCUT2D eigenvalue weighted by atomic mass is 10.2. The average molecular weight is 407 g/mol. The lowest BCUT2D eigenvalue weighted by molar-refractivity contribution is -0.124. The summed E-state index contributed by atoms with van der Waals surface area (Å²) in [5.74, 6) is -1.21. The predicted octanol–water partition coefficient (Wildman–Crippen LogP) is 4.77. The highest BCUT2D eigenvalue weighted by atomic mass is 35.5. The highest BCUT2D eigenvalue weighted by Crippen LogP contribution is 2.22.